The van der Waals surface area contributed by atoms with Crippen molar-refractivity contribution in [2.45, 2.75) is 105 Å². The Hall–Kier alpha value is -10.0. The molecule has 0 amide bonds. The molecule has 5 aliphatic heterocycles. The molecule has 5 aliphatic rings. The Labute approximate surface area is 804 Å². The summed E-state index contributed by atoms with van der Waals surface area (Å²) in [7, 11) is 7.18. The summed E-state index contributed by atoms with van der Waals surface area (Å²) in [6, 6.07) is 37.0. The summed E-state index contributed by atoms with van der Waals surface area (Å²) in [5.74, 6) is -5.05. The Morgan fingerprint density at radius 1 is 0.323 bits per heavy atom. The second-order valence-corrected chi connectivity index (χ2v) is 31.4. The van der Waals surface area contributed by atoms with Crippen molar-refractivity contribution in [3.8, 4) is 0 Å². The number of dihydropyridines is 5. The van der Waals surface area contributed by atoms with E-state index in [4.69, 9.17) is 147 Å². The van der Waals surface area contributed by atoms with Crippen LogP contribution in [0.25, 0.3) is 31.3 Å². The van der Waals surface area contributed by atoms with Gasteiger partial charge in [-0.2, -0.15) is 0 Å². The number of rotatable bonds is 46. The third-order valence-electron chi connectivity index (χ3n) is 21.1. The van der Waals surface area contributed by atoms with Crippen LogP contribution in [-0.4, -0.2) is 188 Å². The lowest BCUT2D eigenvalue weighted by atomic mass is 9.80. The Balaban J connectivity index is 0.000000294. The molecular formula is C92H116Cl6N14O21. The maximum Gasteiger partial charge on any atom is 0.334 e. The number of azide groups is 3. The largest absolute Gasteiger partial charge is 0.478 e. The van der Waals surface area contributed by atoms with Gasteiger partial charge in [0.15, 0.2) is 0 Å². The Kier molecular flexibility index (Phi) is 52.7. The molecule has 5 heterocycles. The predicted octanol–water partition coefficient (Wildman–Crippen LogP) is 20.2. The van der Waals surface area contributed by atoms with Gasteiger partial charge in [-0.25, -0.2) is 63.3 Å². The van der Waals surface area contributed by atoms with Crippen LogP contribution in [-0.2, 0) is 86.9 Å². The number of nitrogens with zero attached hydrogens (tertiary/aromatic N) is 9. The van der Waals surface area contributed by atoms with Gasteiger partial charge in [-0.3, -0.25) is 0 Å². The fraction of sp³-hybridized carbons (Fsp3) is 0.424. The van der Waals surface area contributed by atoms with Gasteiger partial charge in [0.25, 0.3) is 0 Å². The van der Waals surface area contributed by atoms with Gasteiger partial charge in [0.2, 0.25) is 0 Å². The predicted molar refractivity (Wildman–Crippen MR) is 508 cm³/mol. The van der Waals surface area contributed by atoms with E-state index in [1.807, 2.05) is 109 Å². The number of aliphatic carboxylic acids is 3. The molecule has 0 fully saturated rings. The standard InChI is InChI=1S/C19H24ClNO5.C19H26ClNO3.2C18H21ClN4O5.C18H23ClN4O3.ClH/c1-4-9-25-11-16-18(19(22)23)17(13-7-5-6-8-15(13)20)14(10-26-24-3)12(2)21-16;1-5-10-23-12-18-13(2)19(15-8-6-7-9-17(15)20)16(11-24-22-4)14(3)21-18;2*1-11-13(9-28-26-2)16(12-5-3-4-6-14(12)19)17(18(24)25)15(22-11)10-27-8-7-21-23-20;1-12-17(11-25-9-8-21-23-20)22-13(2)15(10-26-24-3)18(12)14-6-4-5-7-16(14)19;/h5-8,17,21H,4,9-11H2,1-3H3,(H,22,23);6-9,19,21H,5,10-12H2,1-4H3;2*3-6,16,22H,7-10H2,1-2H3,(H,24,25);4-7,18,22H,8-11H2,1-3H3;1H/t17-;19-;16-;;18-;/m111.1./s1. The third-order valence-corrected chi connectivity index (χ3v) is 22.8. The fourth-order valence-electron chi connectivity index (χ4n) is 14.9. The van der Waals surface area contributed by atoms with Crippen LogP contribution in [0.4, 0.5) is 0 Å². The van der Waals surface area contributed by atoms with Crippen LogP contribution >= 0.6 is 70.4 Å². The summed E-state index contributed by atoms with van der Waals surface area (Å²) in [5.41, 5.74) is 43.7. The molecule has 0 saturated carbocycles. The first-order valence-electron chi connectivity index (χ1n) is 41.7. The molecule has 1 unspecified atom stereocenters. The van der Waals surface area contributed by atoms with Crippen molar-refractivity contribution in [1.29, 1.82) is 0 Å². The first-order chi connectivity index (χ1) is 63.7. The molecule has 133 heavy (non-hydrogen) atoms. The van der Waals surface area contributed by atoms with E-state index in [2.05, 4.69) is 76.6 Å². The van der Waals surface area contributed by atoms with E-state index in [0.717, 1.165) is 97.8 Å². The summed E-state index contributed by atoms with van der Waals surface area (Å²) in [6.45, 7) is 22.5. The lowest BCUT2D eigenvalue weighted by molar-refractivity contribution is -0.265. The second kappa shape index (κ2) is 61.8. The highest BCUT2D eigenvalue weighted by atomic mass is 35.5. The summed E-state index contributed by atoms with van der Waals surface area (Å²) < 4.78 is 27.9. The Morgan fingerprint density at radius 2 is 0.519 bits per heavy atom. The van der Waals surface area contributed by atoms with Gasteiger partial charge in [0, 0.05) is 142 Å². The zero-order valence-electron chi connectivity index (χ0n) is 76.6. The molecule has 35 nitrogen and oxygen atoms in total. The Bertz CT molecular complexity index is 5080. The van der Waals surface area contributed by atoms with Gasteiger partial charge >= 0.3 is 17.9 Å². The normalized spacial score (nSPS) is 17.0. The van der Waals surface area contributed by atoms with Crippen molar-refractivity contribution >= 4 is 88.3 Å². The number of carboxylic acid groups (broad SMARTS) is 3. The minimum absolute atomic E-state index is 0. The molecule has 0 bridgehead atoms. The lowest BCUT2D eigenvalue weighted by Crippen LogP contribution is -2.33. The first-order valence-corrected chi connectivity index (χ1v) is 43.6. The second-order valence-electron chi connectivity index (χ2n) is 29.3. The topological polar surface area (TPSA) is 457 Å². The average molecular weight is 1970 g/mol. The minimum Gasteiger partial charge on any atom is -0.478 e. The molecule has 5 aromatic rings. The van der Waals surface area contributed by atoms with Crippen LogP contribution in [0.2, 0.25) is 25.1 Å². The number of ether oxygens (including phenoxy) is 5. The lowest BCUT2D eigenvalue weighted by Gasteiger charge is -2.32. The third kappa shape index (κ3) is 33.8. The zero-order valence-corrected chi connectivity index (χ0v) is 81.2. The SMILES string of the molecule is CCCOCC1=C(C(=O)O)[C@H](c2ccccc2Cl)C(COOC)=C(C)N1.CCCOCC1=C(C)[C@H](c2ccccc2Cl)C(COOC)=C(C)N1.COOCC1=C(C)NC(COCCN=[N+]=[N-])=C(C(=O)O)C1c1ccccc1Cl.COOCC1=C(C)NC(COCCN=[N+]=[N-])=C(C(=O)O)[C@@H]1c1ccccc1Cl.COOCC1=C(C)NC(COCCN=[N+]=[N-])=C(C)[C@@H]1c1ccccc1Cl.Cl. The molecule has 41 heteroatoms. The fourth-order valence-corrected chi connectivity index (χ4v) is 16.2. The zero-order chi connectivity index (χ0) is 96.6. The van der Waals surface area contributed by atoms with E-state index in [1.54, 1.807) is 54.6 Å². The minimum atomic E-state index is -1.10. The molecule has 722 valence electrons. The van der Waals surface area contributed by atoms with Crippen molar-refractivity contribution in [3.63, 3.8) is 0 Å². The van der Waals surface area contributed by atoms with Gasteiger partial charge in [0.05, 0.1) is 122 Å². The number of carbonyl (C=O) groups is 3. The van der Waals surface area contributed by atoms with Crippen LogP contribution in [0, 0.1) is 0 Å². The quantitative estimate of drug-likeness (QED) is 0.00448. The number of allylic oxidation sites excluding steroid dienone is 7. The van der Waals surface area contributed by atoms with Gasteiger partial charge in [-0.05, 0) is 175 Å². The highest BCUT2D eigenvalue weighted by Crippen LogP contribution is 2.47. The number of carboxylic acids is 3. The molecule has 8 N–H and O–H groups in total. The molecular weight excluding hydrogens is 1850 g/mol. The number of hydrogen-bond acceptors (Lipinski definition) is 26. The molecule has 0 aromatic heterocycles. The van der Waals surface area contributed by atoms with E-state index in [1.165, 1.54) is 41.1 Å². The molecule has 0 radical (unpaired) electrons. The molecule has 10 rings (SSSR count). The average Bonchev–Trinajstić information content (AvgIpc) is 0.811. The van der Waals surface area contributed by atoms with E-state index in [9.17, 15) is 29.7 Å². The van der Waals surface area contributed by atoms with Crippen molar-refractivity contribution in [3.05, 3.63) is 318 Å². The first kappa shape index (κ1) is 113. The molecule has 0 saturated heterocycles. The maximum atomic E-state index is 12.2. The number of hydrogen-bond donors (Lipinski definition) is 8. The smallest absolute Gasteiger partial charge is 0.334 e. The van der Waals surface area contributed by atoms with Crippen LogP contribution in [0.5, 0.6) is 0 Å². The number of nitrogens with one attached hydrogen (secondary N) is 5. The van der Waals surface area contributed by atoms with Gasteiger partial charge in [-0.15, -0.1) is 12.4 Å². The summed E-state index contributed by atoms with van der Waals surface area (Å²) in [5, 5.41) is 59.1. The van der Waals surface area contributed by atoms with Crippen LogP contribution in [0.3, 0.4) is 0 Å². The van der Waals surface area contributed by atoms with E-state index < -0.39 is 35.7 Å². The van der Waals surface area contributed by atoms with Crippen LogP contribution in [0.15, 0.2) is 249 Å². The summed E-state index contributed by atoms with van der Waals surface area (Å²) in [6.07, 6.45) is 1.85. The summed E-state index contributed by atoms with van der Waals surface area (Å²) >= 11 is 32.1. The van der Waals surface area contributed by atoms with Crippen LogP contribution in [0.1, 0.15) is 133 Å². The molecule has 5 atom stereocenters. The van der Waals surface area contributed by atoms with E-state index in [0.29, 0.717) is 111 Å². The number of halogens is 6. The monoisotopic (exact) mass is 1960 g/mol. The molecule has 0 aliphatic carbocycles. The van der Waals surface area contributed by atoms with Gasteiger partial charge in [0.1, 0.15) is 33.0 Å². The van der Waals surface area contributed by atoms with Crippen molar-refractivity contribution in [1.82, 2.24) is 26.6 Å². The summed E-state index contributed by atoms with van der Waals surface area (Å²) in [4.78, 5) is 93.9. The van der Waals surface area contributed by atoms with Gasteiger partial charge < -0.3 is 65.6 Å². The highest BCUT2D eigenvalue weighted by Gasteiger charge is 2.40. The van der Waals surface area contributed by atoms with Crippen molar-refractivity contribution in [2.75, 3.05) is 154 Å². The van der Waals surface area contributed by atoms with Crippen molar-refractivity contribution < 1.29 is 102 Å². The molecule has 5 aromatic carbocycles. The van der Waals surface area contributed by atoms with Gasteiger partial charge in [-0.1, -0.05) is 178 Å². The highest BCUT2D eigenvalue weighted by molar-refractivity contribution is 6.33. The number of benzene rings is 5. The molecule has 0 spiro atoms. The maximum absolute atomic E-state index is 12.2. The van der Waals surface area contributed by atoms with Crippen molar-refractivity contribution in [2.24, 2.45) is 15.3 Å². The Morgan fingerprint density at radius 3 is 0.722 bits per heavy atom. The van der Waals surface area contributed by atoms with E-state index >= 15 is 0 Å². The van der Waals surface area contributed by atoms with E-state index in [-0.39, 0.29) is 107 Å². The van der Waals surface area contributed by atoms with Crippen LogP contribution < -0.4 is 26.6 Å².